The van der Waals surface area contributed by atoms with Crippen LogP contribution in [0.25, 0.3) is 0 Å². The third-order valence-corrected chi connectivity index (χ3v) is 0.520. The Balaban J connectivity index is 3.54. The maximum Gasteiger partial charge on any atom is 0.709 e. The van der Waals surface area contributed by atoms with Crippen LogP contribution in [0.1, 0.15) is 6.42 Å². The maximum absolute atomic E-state index is 11.3. The molecule has 0 atom stereocenters. The Kier molecular flexibility index (Phi) is 3.59. The summed E-state index contributed by atoms with van der Waals surface area (Å²) in [7, 11) is -2.30. The molecule has 0 radical (unpaired) electrons. The molecule has 0 heterocycles. The molecule has 0 saturated carbocycles. The fourth-order valence-electron chi connectivity index (χ4n) is 0.273. The van der Waals surface area contributed by atoms with Crippen molar-refractivity contribution in [2.24, 2.45) is 0 Å². The first-order valence-corrected chi connectivity index (χ1v) is 2.26. The number of hydrogen-bond acceptors (Lipinski definition) is 5. The smallest absolute Gasteiger partial charge is 0.485 e. The van der Waals surface area contributed by atoms with Crippen molar-refractivity contribution in [3.05, 3.63) is 0 Å². The summed E-state index contributed by atoms with van der Waals surface area (Å²) in [6.45, 7) is 0. The average molecular weight is 150 g/mol. The quantitative estimate of drug-likeness (QED) is 0.287. The molecule has 7 heteroatoms. The highest BCUT2D eigenvalue weighted by Gasteiger charge is 2.18. The van der Waals surface area contributed by atoms with Gasteiger partial charge in [-0.3, -0.25) is 9.59 Å². The Morgan fingerprint density at radius 2 is 2.00 bits per heavy atom. The van der Waals surface area contributed by atoms with Crippen LogP contribution in [0.3, 0.4) is 0 Å². The second kappa shape index (κ2) is 3.97. The number of carbonyl (C=O) groups excluding carboxylic acids is 2. The van der Waals surface area contributed by atoms with Crippen molar-refractivity contribution in [2.75, 3.05) is 0 Å². The van der Waals surface area contributed by atoms with Crippen LogP contribution >= 0.6 is 0 Å². The van der Waals surface area contributed by atoms with Gasteiger partial charge < -0.3 is 14.7 Å². The minimum absolute atomic E-state index is 1.10. The van der Waals surface area contributed by atoms with E-state index in [2.05, 4.69) is 4.65 Å². The van der Waals surface area contributed by atoms with E-state index in [9.17, 15) is 14.0 Å². The van der Waals surface area contributed by atoms with Crippen LogP contribution in [0.4, 0.5) is 4.39 Å². The molecule has 0 rings (SSSR count). The molecule has 0 aliphatic carbocycles. The van der Waals surface area contributed by atoms with Crippen molar-refractivity contribution in [1.82, 2.24) is 0 Å². The summed E-state index contributed by atoms with van der Waals surface area (Å²) in [5.41, 5.74) is 0. The summed E-state index contributed by atoms with van der Waals surface area (Å²) >= 11 is 0. The molecule has 0 amide bonds. The Labute approximate surface area is 55.6 Å². The minimum atomic E-state index is -2.30. The molecule has 0 aromatic rings. The van der Waals surface area contributed by atoms with Gasteiger partial charge in [-0.1, -0.05) is 0 Å². The van der Waals surface area contributed by atoms with Crippen LogP contribution in [-0.4, -0.2) is 29.4 Å². The summed E-state index contributed by atoms with van der Waals surface area (Å²) in [6.07, 6.45) is -1.10. The van der Waals surface area contributed by atoms with Crippen LogP contribution in [0, 0.1) is 0 Å². The van der Waals surface area contributed by atoms with E-state index in [0.717, 1.165) is 0 Å². The lowest BCUT2D eigenvalue weighted by atomic mass is 10.2. The van der Waals surface area contributed by atoms with Gasteiger partial charge in [-0.05, 0) is 0 Å². The first-order valence-electron chi connectivity index (χ1n) is 2.26. The van der Waals surface area contributed by atoms with Crippen LogP contribution in [0.5, 0.6) is 0 Å². The first-order chi connectivity index (χ1) is 4.52. The maximum atomic E-state index is 11.3. The molecule has 0 aromatic heterocycles. The Morgan fingerprint density at radius 1 is 1.50 bits per heavy atom. The molecular formula is C3H4BFO5. The number of halogens is 1. The first kappa shape index (κ1) is 9.05. The molecule has 0 spiro atoms. The zero-order valence-electron chi connectivity index (χ0n) is 4.78. The fraction of sp³-hybridized carbons (Fsp3) is 0.333. The van der Waals surface area contributed by atoms with Gasteiger partial charge in [0.2, 0.25) is 0 Å². The lowest BCUT2D eigenvalue weighted by Gasteiger charge is -1.97. The van der Waals surface area contributed by atoms with E-state index in [1.807, 2.05) is 0 Å². The van der Waals surface area contributed by atoms with Gasteiger partial charge in [0.25, 0.3) is 0 Å². The van der Waals surface area contributed by atoms with Crippen molar-refractivity contribution in [2.45, 2.75) is 6.42 Å². The van der Waals surface area contributed by atoms with E-state index in [-0.39, 0.29) is 0 Å². The molecule has 0 aromatic carbocycles. The van der Waals surface area contributed by atoms with E-state index in [0.29, 0.717) is 0 Å². The molecule has 56 valence electrons. The standard InChI is InChI=1S/C3H4BFO5/c5-2(6)1-3(7)10-4(8)9/h8-9H,1H2. The largest absolute Gasteiger partial charge is 0.709 e. The topological polar surface area (TPSA) is 83.8 Å². The minimum Gasteiger partial charge on any atom is -0.485 e. The zero-order valence-corrected chi connectivity index (χ0v) is 4.78. The number of hydrogen-bond donors (Lipinski definition) is 2. The molecule has 0 fully saturated rings. The van der Waals surface area contributed by atoms with Gasteiger partial charge in [-0.25, -0.2) is 0 Å². The van der Waals surface area contributed by atoms with Gasteiger partial charge in [-0.2, -0.15) is 4.39 Å². The molecule has 0 unspecified atom stereocenters. The third kappa shape index (κ3) is 5.20. The summed E-state index contributed by atoms with van der Waals surface area (Å²) in [5.74, 6) is -1.32. The van der Waals surface area contributed by atoms with Gasteiger partial charge in [0, 0.05) is 0 Å². The Hall–Kier alpha value is -0.945. The molecule has 0 saturated heterocycles. The molecule has 0 aliphatic heterocycles. The van der Waals surface area contributed by atoms with Crippen molar-refractivity contribution in [3.8, 4) is 0 Å². The van der Waals surface area contributed by atoms with Crippen LogP contribution in [0.2, 0.25) is 0 Å². The second-order valence-electron chi connectivity index (χ2n) is 1.35. The van der Waals surface area contributed by atoms with Crippen molar-refractivity contribution >= 4 is 19.3 Å². The summed E-state index contributed by atoms with van der Waals surface area (Å²) in [6, 6.07) is -1.88. The highest BCUT2D eigenvalue weighted by molar-refractivity contribution is 6.36. The van der Waals surface area contributed by atoms with E-state index >= 15 is 0 Å². The van der Waals surface area contributed by atoms with E-state index in [1.165, 1.54) is 0 Å². The molecule has 5 nitrogen and oxygen atoms in total. The molecule has 10 heavy (non-hydrogen) atoms. The summed E-state index contributed by atoms with van der Waals surface area (Å²) < 4.78 is 14.9. The molecule has 0 aliphatic rings. The van der Waals surface area contributed by atoms with Gasteiger partial charge >= 0.3 is 19.3 Å². The number of rotatable bonds is 3. The fourth-order valence-corrected chi connectivity index (χ4v) is 0.273. The highest BCUT2D eigenvalue weighted by atomic mass is 19.1. The van der Waals surface area contributed by atoms with E-state index < -0.39 is 25.7 Å². The monoisotopic (exact) mass is 150 g/mol. The molecule has 0 bridgehead atoms. The lowest BCUT2D eigenvalue weighted by Crippen LogP contribution is -2.22. The highest BCUT2D eigenvalue weighted by Crippen LogP contribution is 1.89. The average Bonchev–Trinajstić information content (AvgIpc) is 1.58. The van der Waals surface area contributed by atoms with Gasteiger partial charge in [0.05, 0.1) is 0 Å². The predicted octanol–water partition coefficient (Wildman–Crippen LogP) is -1.61. The second-order valence-corrected chi connectivity index (χ2v) is 1.35. The van der Waals surface area contributed by atoms with Gasteiger partial charge in [0.15, 0.2) is 0 Å². The predicted molar refractivity (Wildman–Crippen MR) is 27.0 cm³/mol. The third-order valence-electron chi connectivity index (χ3n) is 0.520. The summed E-state index contributed by atoms with van der Waals surface area (Å²) in [4.78, 5) is 19.6. The Bertz CT molecular complexity index is 146. The van der Waals surface area contributed by atoms with Crippen LogP contribution in [-0.2, 0) is 14.2 Å². The Morgan fingerprint density at radius 3 is 2.30 bits per heavy atom. The number of carbonyl (C=O) groups is 2. The summed E-state index contributed by atoms with van der Waals surface area (Å²) in [5, 5.41) is 15.8. The molecule has 2 N–H and O–H groups in total. The zero-order chi connectivity index (χ0) is 8.15. The van der Waals surface area contributed by atoms with Gasteiger partial charge in [0.1, 0.15) is 6.42 Å². The van der Waals surface area contributed by atoms with Crippen LogP contribution in [0.15, 0.2) is 0 Å². The van der Waals surface area contributed by atoms with Crippen molar-refractivity contribution in [3.63, 3.8) is 0 Å². The van der Waals surface area contributed by atoms with E-state index in [4.69, 9.17) is 10.0 Å². The SMILES string of the molecule is O=C(F)CC(=O)OB(O)O. The van der Waals surface area contributed by atoms with Crippen molar-refractivity contribution < 1.29 is 28.7 Å². The lowest BCUT2D eigenvalue weighted by molar-refractivity contribution is -0.143. The normalized spacial score (nSPS) is 8.70. The van der Waals surface area contributed by atoms with Gasteiger partial charge in [-0.15, -0.1) is 0 Å². The van der Waals surface area contributed by atoms with Crippen LogP contribution < -0.4 is 0 Å². The van der Waals surface area contributed by atoms with E-state index in [1.54, 1.807) is 0 Å². The molecular weight excluding hydrogens is 146 g/mol. The van der Waals surface area contributed by atoms with Crippen molar-refractivity contribution in [1.29, 1.82) is 0 Å².